The van der Waals surface area contributed by atoms with Crippen LogP contribution in [-0.2, 0) is 0 Å². The van der Waals surface area contributed by atoms with Crippen LogP contribution in [0.1, 0.15) is 0 Å². The van der Waals surface area contributed by atoms with Crippen molar-refractivity contribution in [2.45, 2.75) is 0 Å². The Bertz CT molecular complexity index is 4730. The molecule has 75 heavy (non-hydrogen) atoms. The van der Waals surface area contributed by atoms with Crippen molar-refractivity contribution >= 4 is 94.5 Å². The lowest BCUT2D eigenvalue weighted by molar-refractivity contribution is 1.07. The molecule has 0 N–H and O–H groups in total. The summed E-state index contributed by atoms with van der Waals surface area (Å²) in [7, 11) is 0. The van der Waals surface area contributed by atoms with Crippen LogP contribution in [-0.4, -0.2) is 29.9 Å². The molecule has 9 heteroatoms. The standard InChI is InChI=1S/C66H38N6S3/c1-3-18-39(19-4-1)61-67-63(71-64(68-61)51-28-8-7-24-44(51)48-29-16-30-49-45-25-9-12-33-55(45)73-58(48)49)42-23-15-22-41(36-42)43-37-53-47-27-11-14-35-57(47)75-60(53)54(38-43)66-70-62(40-20-5-2-6-21-40)69-65(72-66)52-32-17-31-50-46-26-10-13-34-56(46)74-59(50)52/h1-38H. The highest BCUT2D eigenvalue weighted by Gasteiger charge is 2.22. The summed E-state index contributed by atoms with van der Waals surface area (Å²) in [4.78, 5) is 31.8. The molecule has 0 aliphatic heterocycles. The van der Waals surface area contributed by atoms with Gasteiger partial charge in [0.15, 0.2) is 34.9 Å². The van der Waals surface area contributed by atoms with Gasteiger partial charge in [0.25, 0.3) is 0 Å². The van der Waals surface area contributed by atoms with Crippen molar-refractivity contribution in [3.8, 4) is 90.6 Å². The largest absolute Gasteiger partial charge is 0.208 e. The smallest absolute Gasteiger partial charge is 0.165 e. The van der Waals surface area contributed by atoms with Gasteiger partial charge in [0.1, 0.15) is 0 Å². The highest BCUT2D eigenvalue weighted by atomic mass is 32.1. The fourth-order valence-corrected chi connectivity index (χ4v) is 14.1. The van der Waals surface area contributed by atoms with E-state index >= 15 is 0 Å². The van der Waals surface area contributed by atoms with Gasteiger partial charge in [-0.15, -0.1) is 34.0 Å². The molecule has 0 saturated carbocycles. The molecule has 0 aliphatic rings. The third kappa shape index (κ3) is 7.51. The fraction of sp³-hybridized carbons (Fsp3) is 0. The molecule has 0 amide bonds. The van der Waals surface area contributed by atoms with E-state index in [4.69, 9.17) is 29.9 Å². The molecule has 0 spiro atoms. The maximum Gasteiger partial charge on any atom is 0.165 e. The number of hydrogen-bond acceptors (Lipinski definition) is 9. The molecule has 15 rings (SSSR count). The summed E-state index contributed by atoms with van der Waals surface area (Å²) < 4.78 is 7.20. The topological polar surface area (TPSA) is 77.3 Å². The molecule has 0 unspecified atom stereocenters. The first-order chi connectivity index (χ1) is 37.1. The summed E-state index contributed by atoms with van der Waals surface area (Å²) in [6.07, 6.45) is 0. The molecular formula is C66H38N6S3. The van der Waals surface area contributed by atoms with Gasteiger partial charge in [0.05, 0.1) is 0 Å². The first kappa shape index (κ1) is 43.5. The zero-order chi connectivity index (χ0) is 49.4. The number of aromatic nitrogens is 6. The van der Waals surface area contributed by atoms with Crippen molar-refractivity contribution in [1.82, 2.24) is 29.9 Å². The maximum atomic E-state index is 5.44. The van der Waals surface area contributed by atoms with Gasteiger partial charge in [0.2, 0.25) is 0 Å². The average molecular weight is 1010 g/mol. The molecule has 5 heterocycles. The van der Waals surface area contributed by atoms with Gasteiger partial charge >= 0.3 is 0 Å². The summed E-state index contributed by atoms with van der Waals surface area (Å²) in [6.45, 7) is 0. The van der Waals surface area contributed by atoms with Crippen LogP contribution in [0, 0.1) is 0 Å². The minimum absolute atomic E-state index is 0.586. The molecule has 0 fully saturated rings. The number of hydrogen-bond donors (Lipinski definition) is 0. The number of benzene rings is 10. The van der Waals surface area contributed by atoms with Crippen molar-refractivity contribution < 1.29 is 0 Å². The lowest BCUT2D eigenvalue weighted by Crippen LogP contribution is -2.01. The fourth-order valence-electron chi connectivity index (χ4n) is 10.5. The van der Waals surface area contributed by atoms with E-state index in [-0.39, 0.29) is 0 Å². The number of thiophene rings is 3. The second kappa shape index (κ2) is 17.8. The van der Waals surface area contributed by atoms with Crippen molar-refractivity contribution in [3.63, 3.8) is 0 Å². The molecule has 15 aromatic rings. The van der Waals surface area contributed by atoms with Crippen LogP contribution in [0.3, 0.4) is 0 Å². The zero-order valence-corrected chi connectivity index (χ0v) is 42.3. The van der Waals surface area contributed by atoms with E-state index in [1.165, 1.54) is 45.7 Å². The second-order valence-electron chi connectivity index (χ2n) is 18.5. The molecular weight excluding hydrogens is 973 g/mol. The van der Waals surface area contributed by atoms with E-state index < -0.39 is 0 Å². The maximum absolute atomic E-state index is 5.44. The molecule has 350 valence electrons. The predicted molar refractivity (Wildman–Crippen MR) is 315 cm³/mol. The normalized spacial score (nSPS) is 11.7. The minimum Gasteiger partial charge on any atom is -0.208 e. The van der Waals surface area contributed by atoms with Crippen LogP contribution in [0.5, 0.6) is 0 Å². The van der Waals surface area contributed by atoms with Crippen molar-refractivity contribution in [2.75, 3.05) is 0 Å². The Morgan fingerprint density at radius 3 is 1.19 bits per heavy atom. The quantitative estimate of drug-likeness (QED) is 0.151. The highest BCUT2D eigenvalue weighted by molar-refractivity contribution is 7.27. The third-order valence-corrected chi connectivity index (χ3v) is 17.7. The highest BCUT2D eigenvalue weighted by Crippen LogP contribution is 2.46. The Hall–Kier alpha value is -9.12. The zero-order valence-electron chi connectivity index (χ0n) is 39.8. The van der Waals surface area contributed by atoms with Crippen molar-refractivity contribution in [1.29, 1.82) is 0 Å². The van der Waals surface area contributed by atoms with Gasteiger partial charge in [0, 0.05) is 99.5 Å². The minimum atomic E-state index is 0.586. The summed E-state index contributed by atoms with van der Waals surface area (Å²) in [5.74, 6) is 3.68. The molecule has 0 bridgehead atoms. The van der Waals surface area contributed by atoms with Crippen LogP contribution in [0.2, 0.25) is 0 Å². The molecule has 0 saturated heterocycles. The predicted octanol–water partition coefficient (Wildman–Crippen LogP) is 18.5. The second-order valence-corrected chi connectivity index (χ2v) is 21.7. The average Bonchev–Trinajstić information content (AvgIpc) is 4.20. The summed E-state index contributed by atoms with van der Waals surface area (Å²) in [5, 5.41) is 7.26. The van der Waals surface area contributed by atoms with Crippen molar-refractivity contribution in [3.05, 3.63) is 231 Å². The first-order valence-corrected chi connectivity index (χ1v) is 27.2. The third-order valence-electron chi connectivity index (χ3n) is 14.0. The Morgan fingerprint density at radius 1 is 0.200 bits per heavy atom. The van der Waals surface area contributed by atoms with Gasteiger partial charge in [-0.2, -0.15) is 0 Å². The summed E-state index contributed by atoms with van der Waals surface area (Å²) in [6, 6.07) is 81.0. The first-order valence-electron chi connectivity index (χ1n) is 24.8. The molecule has 10 aromatic carbocycles. The van der Waals surface area contributed by atoms with Crippen LogP contribution < -0.4 is 0 Å². The molecule has 0 atom stereocenters. The van der Waals surface area contributed by atoms with Crippen LogP contribution in [0.4, 0.5) is 0 Å². The van der Waals surface area contributed by atoms with Crippen LogP contribution >= 0.6 is 34.0 Å². The van der Waals surface area contributed by atoms with E-state index in [1.54, 1.807) is 22.7 Å². The van der Waals surface area contributed by atoms with Gasteiger partial charge < -0.3 is 0 Å². The van der Waals surface area contributed by atoms with E-state index in [0.717, 1.165) is 70.4 Å². The van der Waals surface area contributed by atoms with Gasteiger partial charge in [-0.3, -0.25) is 0 Å². The molecule has 0 aliphatic carbocycles. The molecule has 0 radical (unpaired) electrons. The van der Waals surface area contributed by atoms with Crippen molar-refractivity contribution in [2.24, 2.45) is 0 Å². The SMILES string of the molecule is c1ccc(-c2nc(-c3cccc(-c4cc(-c5nc(-c6ccccc6)nc(-c6cccc7c6sc6ccccc67)n5)c5sc6ccccc6c5c4)c3)nc(-c3ccccc3-c3cccc4c3sc3ccccc34)n2)cc1. The van der Waals surface area contributed by atoms with Crippen LogP contribution in [0.15, 0.2) is 231 Å². The van der Waals surface area contributed by atoms with E-state index in [2.05, 4.69) is 194 Å². The van der Waals surface area contributed by atoms with Gasteiger partial charge in [-0.05, 0) is 59.2 Å². The Morgan fingerprint density at radius 2 is 0.573 bits per heavy atom. The summed E-state index contributed by atoms with van der Waals surface area (Å²) >= 11 is 5.37. The number of nitrogens with zero attached hydrogens (tertiary/aromatic N) is 6. The Balaban J connectivity index is 0.912. The molecule has 5 aromatic heterocycles. The van der Waals surface area contributed by atoms with E-state index in [1.807, 2.05) is 47.7 Å². The van der Waals surface area contributed by atoms with Gasteiger partial charge in [-0.1, -0.05) is 188 Å². The Kier molecular flexibility index (Phi) is 10.3. The van der Waals surface area contributed by atoms with Crippen LogP contribution in [0.25, 0.3) is 151 Å². The summed E-state index contributed by atoms with van der Waals surface area (Å²) in [5.41, 5.74) is 9.84. The van der Waals surface area contributed by atoms with E-state index in [9.17, 15) is 0 Å². The monoisotopic (exact) mass is 1010 g/mol. The number of rotatable bonds is 8. The van der Waals surface area contributed by atoms with E-state index in [0.29, 0.717) is 34.9 Å². The lowest BCUT2D eigenvalue weighted by atomic mass is 9.97. The Labute approximate surface area is 442 Å². The van der Waals surface area contributed by atoms with Gasteiger partial charge in [-0.25, -0.2) is 29.9 Å². The number of fused-ring (bicyclic) bond motifs is 9. The lowest BCUT2D eigenvalue weighted by Gasteiger charge is -2.13. The molecule has 6 nitrogen and oxygen atoms in total.